The van der Waals surface area contributed by atoms with Crippen molar-refractivity contribution in [2.45, 2.75) is 6.10 Å². The van der Waals surface area contributed by atoms with Gasteiger partial charge in [0.2, 0.25) is 0 Å². The summed E-state index contributed by atoms with van der Waals surface area (Å²) in [5, 5.41) is 14.0. The van der Waals surface area contributed by atoms with Crippen molar-refractivity contribution in [1.82, 2.24) is 5.32 Å². The minimum Gasteiger partial charge on any atom is -0.389 e. The molecule has 1 unspecified atom stereocenters. The third kappa shape index (κ3) is 4.80. The number of amides is 2. The summed E-state index contributed by atoms with van der Waals surface area (Å²) < 4.78 is 17.8. The molecule has 0 aliphatic carbocycles. The number of aliphatic hydroxyl groups is 1. The molecule has 1 aromatic carbocycles. The average molecular weight is 242 g/mol. The van der Waals surface area contributed by atoms with E-state index in [4.69, 9.17) is 4.74 Å². The molecule has 0 spiro atoms. The minimum absolute atomic E-state index is 0.0358. The second-order valence-corrected chi connectivity index (χ2v) is 3.42. The molecule has 0 fully saturated rings. The smallest absolute Gasteiger partial charge is 0.319 e. The molecular formula is C11H15FN2O3. The molecule has 5 nitrogen and oxygen atoms in total. The molecule has 2 amide bonds. The number of rotatable bonds is 5. The Morgan fingerprint density at radius 2 is 2.24 bits per heavy atom. The van der Waals surface area contributed by atoms with Gasteiger partial charge in [0.25, 0.3) is 0 Å². The van der Waals surface area contributed by atoms with Crippen molar-refractivity contribution in [3.63, 3.8) is 0 Å². The molecular weight excluding hydrogens is 227 g/mol. The van der Waals surface area contributed by atoms with Gasteiger partial charge >= 0.3 is 6.03 Å². The Kier molecular flexibility index (Phi) is 5.38. The molecule has 94 valence electrons. The van der Waals surface area contributed by atoms with Crippen LogP contribution < -0.4 is 10.6 Å². The number of carbonyl (C=O) groups excluding carboxylic acids is 1. The van der Waals surface area contributed by atoms with Crippen molar-refractivity contribution in [2.24, 2.45) is 0 Å². The number of hydrogen-bond donors (Lipinski definition) is 3. The lowest BCUT2D eigenvalue weighted by atomic mass is 10.3. The number of benzene rings is 1. The molecule has 0 saturated heterocycles. The van der Waals surface area contributed by atoms with Crippen LogP contribution in [0.3, 0.4) is 0 Å². The number of nitrogens with one attached hydrogen (secondary N) is 2. The summed E-state index contributed by atoms with van der Waals surface area (Å²) in [6.07, 6.45) is -0.786. The molecule has 3 N–H and O–H groups in total. The van der Waals surface area contributed by atoms with E-state index in [1.54, 1.807) is 6.07 Å². The number of carbonyl (C=O) groups is 1. The maximum Gasteiger partial charge on any atom is 0.319 e. The summed E-state index contributed by atoms with van der Waals surface area (Å²) in [7, 11) is 1.45. The molecule has 1 rings (SSSR count). The molecule has 0 saturated carbocycles. The van der Waals surface area contributed by atoms with Gasteiger partial charge in [-0.1, -0.05) is 12.1 Å². The van der Waals surface area contributed by atoms with Crippen LogP contribution in [0.25, 0.3) is 0 Å². The number of methoxy groups -OCH3 is 1. The topological polar surface area (TPSA) is 70.6 Å². The van der Waals surface area contributed by atoms with Crippen LogP contribution in [-0.2, 0) is 4.74 Å². The van der Waals surface area contributed by atoms with Gasteiger partial charge in [-0.15, -0.1) is 0 Å². The van der Waals surface area contributed by atoms with Gasteiger partial charge in [0.1, 0.15) is 5.82 Å². The number of urea groups is 1. The third-order valence-electron chi connectivity index (χ3n) is 1.98. The van der Waals surface area contributed by atoms with Gasteiger partial charge in [0, 0.05) is 13.7 Å². The normalized spacial score (nSPS) is 11.9. The summed E-state index contributed by atoms with van der Waals surface area (Å²) in [6.45, 7) is 0.161. The van der Waals surface area contributed by atoms with Gasteiger partial charge in [0.05, 0.1) is 18.4 Å². The minimum atomic E-state index is -0.786. The van der Waals surface area contributed by atoms with Crippen LogP contribution in [0.4, 0.5) is 14.9 Å². The average Bonchev–Trinajstić information content (AvgIpc) is 2.30. The Bertz CT molecular complexity index is 373. The summed E-state index contributed by atoms with van der Waals surface area (Å²) in [6, 6.07) is 5.25. The summed E-state index contributed by atoms with van der Waals surface area (Å²) in [5.74, 6) is -0.514. The van der Waals surface area contributed by atoms with E-state index in [0.29, 0.717) is 0 Å². The van der Waals surface area contributed by atoms with Crippen molar-refractivity contribution in [3.05, 3.63) is 30.1 Å². The Morgan fingerprint density at radius 1 is 1.53 bits per heavy atom. The predicted molar refractivity (Wildman–Crippen MR) is 61.3 cm³/mol. The summed E-state index contributed by atoms with van der Waals surface area (Å²) in [5.41, 5.74) is 0.0891. The van der Waals surface area contributed by atoms with E-state index in [-0.39, 0.29) is 18.8 Å². The highest BCUT2D eigenvalue weighted by Gasteiger charge is 2.08. The maximum absolute atomic E-state index is 13.2. The standard InChI is InChI=1S/C11H15FN2O3/c1-17-7-8(15)6-13-11(16)14-10-5-3-2-4-9(10)12/h2-5,8,15H,6-7H2,1H3,(H2,13,14,16). The van der Waals surface area contributed by atoms with E-state index in [1.165, 1.54) is 25.3 Å². The molecule has 0 aliphatic heterocycles. The zero-order valence-corrected chi connectivity index (χ0v) is 9.44. The van der Waals surface area contributed by atoms with Gasteiger partial charge < -0.3 is 20.5 Å². The Hall–Kier alpha value is -1.66. The third-order valence-corrected chi connectivity index (χ3v) is 1.98. The molecule has 0 aromatic heterocycles. The molecule has 6 heteroatoms. The Morgan fingerprint density at radius 3 is 2.88 bits per heavy atom. The number of anilines is 1. The number of para-hydroxylation sites is 1. The maximum atomic E-state index is 13.2. The quantitative estimate of drug-likeness (QED) is 0.720. The van der Waals surface area contributed by atoms with Gasteiger partial charge in [0.15, 0.2) is 0 Å². The molecule has 1 atom stereocenters. The summed E-state index contributed by atoms with van der Waals surface area (Å²) in [4.78, 5) is 11.3. The van der Waals surface area contributed by atoms with Crippen LogP contribution in [0.15, 0.2) is 24.3 Å². The van der Waals surface area contributed by atoms with E-state index in [0.717, 1.165) is 0 Å². The number of halogens is 1. The zero-order chi connectivity index (χ0) is 12.7. The van der Waals surface area contributed by atoms with Crippen LogP contribution in [-0.4, -0.2) is 37.5 Å². The van der Waals surface area contributed by atoms with E-state index in [2.05, 4.69) is 10.6 Å². The fourth-order valence-electron chi connectivity index (χ4n) is 1.19. The first-order valence-electron chi connectivity index (χ1n) is 5.10. The lowest BCUT2D eigenvalue weighted by Crippen LogP contribution is -2.37. The monoisotopic (exact) mass is 242 g/mol. The highest BCUT2D eigenvalue weighted by Crippen LogP contribution is 2.11. The second-order valence-electron chi connectivity index (χ2n) is 3.42. The molecule has 0 heterocycles. The highest BCUT2D eigenvalue weighted by molar-refractivity contribution is 5.89. The molecule has 17 heavy (non-hydrogen) atoms. The fourth-order valence-corrected chi connectivity index (χ4v) is 1.19. The van der Waals surface area contributed by atoms with Crippen LogP contribution in [0.1, 0.15) is 0 Å². The number of hydrogen-bond acceptors (Lipinski definition) is 3. The Balaban J connectivity index is 2.37. The predicted octanol–water partition coefficient (Wildman–Crippen LogP) is 0.954. The van der Waals surface area contributed by atoms with Crippen molar-refractivity contribution >= 4 is 11.7 Å². The lowest BCUT2D eigenvalue weighted by molar-refractivity contribution is 0.0663. The van der Waals surface area contributed by atoms with Gasteiger partial charge in [-0.05, 0) is 12.1 Å². The van der Waals surface area contributed by atoms with Crippen molar-refractivity contribution in [3.8, 4) is 0 Å². The largest absolute Gasteiger partial charge is 0.389 e. The van der Waals surface area contributed by atoms with Gasteiger partial charge in [-0.25, -0.2) is 9.18 Å². The molecule has 0 aliphatic rings. The zero-order valence-electron chi connectivity index (χ0n) is 9.44. The van der Waals surface area contributed by atoms with E-state index in [1.807, 2.05) is 0 Å². The molecule has 1 aromatic rings. The van der Waals surface area contributed by atoms with Crippen molar-refractivity contribution in [2.75, 3.05) is 25.6 Å². The van der Waals surface area contributed by atoms with Gasteiger partial charge in [-0.3, -0.25) is 0 Å². The second kappa shape index (κ2) is 6.82. The first kappa shape index (κ1) is 13.4. The highest BCUT2D eigenvalue weighted by atomic mass is 19.1. The van der Waals surface area contributed by atoms with Crippen molar-refractivity contribution < 1.29 is 19.0 Å². The van der Waals surface area contributed by atoms with E-state index < -0.39 is 18.0 Å². The molecule has 0 bridgehead atoms. The SMILES string of the molecule is COCC(O)CNC(=O)Nc1ccccc1F. The van der Waals surface area contributed by atoms with Crippen LogP contribution in [0.5, 0.6) is 0 Å². The Labute approximate surface area is 98.6 Å². The number of ether oxygens (including phenoxy) is 1. The first-order valence-corrected chi connectivity index (χ1v) is 5.10. The van der Waals surface area contributed by atoms with Crippen LogP contribution in [0.2, 0.25) is 0 Å². The first-order chi connectivity index (χ1) is 8.13. The summed E-state index contributed by atoms with van der Waals surface area (Å²) >= 11 is 0. The van der Waals surface area contributed by atoms with E-state index in [9.17, 15) is 14.3 Å². The van der Waals surface area contributed by atoms with Crippen LogP contribution in [0, 0.1) is 5.82 Å². The van der Waals surface area contributed by atoms with E-state index >= 15 is 0 Å². The fraction of sp³-hybridized carbons (Fsp3) is 0.364. The van der Waals surface area contributed by atoms with Crippen LogP contribution >= 0.6 is 0 Å². The van der Waals surface area contributed by atoms with Crippen molar-refractivity contribution in [1.29, 1.82) is 0 Å². The van der Waals surface area contributed by atoms with Gasteiger partial charge in [-0.2, -0.15) is 0 Å². The molecule has 0 radical (unpaired) electrons. The number of aliphatic hydroxyl groups excluding tert-OH is 1. The lowest BCUT2D eigenvalue weighted by Gasteiger charge is -2.11.